The topological polar surface area (TPSA) is 57.1 Å². The Labute approximate surface area is 123 Å². The Bertz CT molecular complexity index is 561. The number of methoxy groups -OCH3 is 1. The lowest BCUT2D eigenvalue weighted by Gasteiger charge is -2.06. The third-order valence-corrected chi connectivity index (χ3v) is 2.87. The van der Waals surface area contributed by atoms with Crippen molar-refractivity contribution in [3.05, 3.63) is 35.1 Å². The maximum Gasteiger partial charge on any atom is 0.329 e. The van der Waals surface area contributed by atoms with Gasteiger partial charge in [0.15, 0.2) is 0 Å². The lowest BCUT2D eigenvalue weighted by Crippen LogP contribution is -1.98. The zero-order valence-corrected chi connectivity index (χ0v) is 12.2. The SMILES string of the molecule is CCCCc1ccc(Oc2nc(Cl)nc(OC)n2)cc1. The molecule has 106 valence electrons. The summed E-state index contributed by atoms with van der Waals surface area (Å²) >= 11 is 5.76. The lowest BCUT2D eigenvalue weighted by atomic mass is 10.1. The molecule has 6 heteroatoms. The van der Waals surface area contributed by atoms with Gasteiger partial charge in [0.05, 0.1) is 7.11 Å². The molecule has 5 nitrogen and oxygen atoms in total. The van der Waals surface area contributed by atoms with Crippen LogP contribution in [0.5, 0.6) is 17.8 Å². The Kier molecular flexibility index (Phi) is 5.12. The van der Waals surface area contributed by atoms with E-state index in [1.165, 1.54) is 25.5 Å². The molecule has 20 heavy (non-hydrogen) atoms. The first-order valence-electron chi connectivity index (χ1n) is 6.43. The minimum Gasteiger partial charge on any atom is -0.467 e. The molecule has 0 unspecified atom stereocenters. The molecule has 1 aromatic carbocycles. The van der Waals surface area contributed by atoms with Crippen LogP contribution in [0.15, 0.2) is 24.3 Å². The van der Waals surface area contributed by atoms with Gasteiger partial charge in [-0.25, -0.2) is 0 Å². The minimum atomic E-state index is 0.0337. The van der Waals surface area contributed by atoms with Gasteiger partial charge >= 0.3 is 12.0 Å². The van der Waals surface area contributed by atoms with E-state index < -0.39 is 0 Å². The number of rotatable bonds is 6. The molecule has 0 aliphatic heterocycles. The molecule has 2 rings (SSSR count). The van der Waals surface area contributed by atoms with Gasteiger partial charge in [-0.15, -0.1) is 4.98 Å². The average molecular weight is 294 g/mol. The molecule has 2 aromatic rings. The Hall–Kier alpha value is -1.88. The largest absolute Gasteiger partial charge is 0.467 e. The van der Waals surface area contributed by atoms with Crippen LogP contribution in [0.3, 0.4) is 0 Å². The maximum atomic E-state index is 5.76. The third kappa shape index (κ3) is 4.06. The standard InChI is InChI=1S/C14H16ClN3O2/c1-3-4-5-10-6-8-11(9-7-10)20-14-17-12(15)16-13(18-14)19-2/h6-9H,3-5H2,1-2H3. The summed E-state index contributed by atoms with van der Waals surface area (Å²) in [4.78, 5) is 11.6. The predicted octanol–water partition coefficient (Wildman–Crippen LogP) is 3.67. The van der Waals surface area contributed by atoms with Gasteiger partial charge in [-0.3, -0.25) is 0 Å². The number of ether oxygens (including phenoxy) is 2. The molecule has 0 aliphatic carbocycles. The summed E-state index contributed by atoms with van der Waals surface area (Å²) in [6, 6.07) is 8.07. The first-order valence-corrected chi connectivity index (χ1v) is 6.81. The number of hydrogen-bond donors (Lipinski definition) is 0. The van der Waals surface area contributed by atoms with Crippen LogP contribution in [0.1, 0.15) is 25.3 Å². The van der Waals surface area contributed by atoms with Gasteiger partial charge in [0.2, 0.25) is 5.28 Å². The summed E-state index contributed by atoms with van der Waals surface area (Å²) in [5, 5.41) is 0.0337. The van der Waals surface area contributed by atoms with Crippen molar-refractivity contribution < 1.29 is 9.47 Å². The summed E-state index contributed by atoms with van der Waals surface area (Å²) in [6.07, 6.45) is 3.43. The van der Waals surface area contributed by atoms with E-state index in [2.05, 4.69) is 21.9 Å². The van der Waals surface area contributed by atoms with Gasteiger partial charge in [-0.05, 0) is 42.1 Å². The molecule has 0 amide bonds. The average Bonchev–Trinajstić information content (AvgIpc) is 2.46. The van der Waals surface area contributed by atoms with Crippen LogP contribution < -0.4 is 9.47 Å². The van der Waals surface area contributed by atoms with Crippen molar-refractivity contribution in [3.8, 4) is 17.8 Å². The van der Waals surface area contributed by atoms with Gasteiger partial charge in [0, 0.05) is 0 Å². The molecule has 0 fully saturated rings. The zero-order chi connectivity index (χ0) is 14.4. The molecule has 0 radical (unpaired) electrons. The molecule has 0 saturated heterocycles. The molecule has 0 aliphatic rings. The van der Waals surface area contributed by atoms with Crippen LogP contribution in [0.25, 0.3) is 0 Å². The molecule has 1 aromatic heterocycles. The number of aryl methyl sites for hydroxylation is 1. The summed E-state index contributed by atoms with van der Waals surface area (Å²) in [5.74, 6) is 0.648. The monoisotopic (exact) mass is 293 g/mol. The van der Waals surface area contributed by atoms with Gasteiger partial charge in [0.25, 0.3) is 0 Å². The van der Waals surface area contributed by atoms with E-state index in [0.717, 1.165) is 6.42 Å². The van der Waals surface area contributed by atoms with E-state index >= 15 is 0 Å². The Morgan fingerprint density at radius 2 is 1.75 bits per heavy atom. The Balaban J connectivity index is 2.07. The maximum absolute atomic E-state index is 5.76. The van der Waals surface area contributed by atoms with Gasteiger partial charge in [-0.1, -0.05) is 25.5 Å². The van der Waals surface area contributed by atoms with E-state index in [0.29, 0.717) is 5.75 Å². The van der Waals surface area contributed by atoms with E-state index in [4.69, 9.17) is 21.1 Å². The van der Waals surface area contributed by atoms with E-state index in [-0.39, 0.29) is 17.3 Å². The molecule has 1 heterocycles. The zero-order valence-electron chi connectivity index (χ0n) is 11.5. The number of unbranched alkanes of at least 4 members (excludes halogenated alkanes) is 1. The van der Waals surface area contributed by atoms with Crippen LogP contribution in [0.4, 0.5) is 0 Å². The highest BCUT2D eigenvalue weighted by Gasteiger charge is 2.07. The second-order valence-corrected chi connectivity index (χ2v) is 4.56. The molecule has 0 spiro atoms. The van der Waals surface area contributed by atoms with Crippen molar-refractivity contribution in [3.63, 3.8) is 0 Å². The van der Waals surface area contributed by atoms with Gasteiger partial charge < -0.3 is 9.47 Å². The van der Waals surface area contributed by atoms with E-state index in [1.807, 2.05) is 24.3 Å². The van der Waals surface area contributed by atoms with Crippen molar-refractivity contribution in [1.29, 1.82) is 0 Å². The smallest absolute Gasteiger partial charge is 0.329 e. The number of halogens is 1. The van der Waals surface area contributed by atoms with Gasteiger partial charge in [0.1, 0.15) is 5.75 Å². The highest BCUT2D eigenvalue weighted by atomic mass is 35.5. The van der Waals surface area contributed by atoms with Crippen LogP contribution in [0.2, 0.25) is 5.28 Å². The second-order valence-electron chi connectivity index (χ2n) is 4.22. The molecule has 0 atom stereocenters. The van der Waals surface area contributed by atoms with Crippen LogP contribution in [-0.4, -0.2) is 22.1 Å². The first-order chi connectivity index (χ1) is 9.71. The number of benzene rings is 1. The number of aromatic nitrogens is 3. The molecular formula is C14H16ClN3O2. The Morgan fingerprint density at radius 1 is 1.05 bits per heavy atom. The summed E-state index contributed by atoms with van der Waals surface area (Å²) < 4.78 is 10.4. The fourth-order valence-corrected chi connectivity index (χ4v) is 1.81. The van der Waals surface area contributed by atoms with Crippen LogP contribution in [-0.2, 0) is 6.42 Å². The minimum absolute atomic E-state index is 0.0337. The summed E-state index contributed by atoms with van der Waals surface area (Å²) in [7, 11) is 1.46. The fraction of sp³-hybridized carbons (Fsp3) is 0.357. The highest BCUT2D eigenvalue weighted by Crippen LogP contribution is 2.21. The van der Waals surface area contributed by atoms with Crippen molar-refractivity contribution in [2.75, 3.05) is 7.11 Å². The van der Waals surface area contributed by atoms with Gasteiger partial charge in [-0.2, -0.15) is 9.97 Å². The second kappa shape index (κ2) is 7.05. The summed E-state index contributed by atoms with van der Waals surface area (Å²) in [5.41, 5.74) is 1.28. The van der Waals surface area contributed by atoms with Crippen molar-refractivity contribution in [2.24, 2.45) is 0 Å². The summed E-state index contributed by atoms with van der Waals surface area (Å²) in [6.45, 7) is 2.18. The van der Waals surface area contributed by atoms with Crippen molar-refractivity contribution in [2.45, 2.75) is 26.2 Å². The normalized spacial score (nSPS) is 10.3. The van der Waals surface area contributed by atoms with E-state index in [9.17, 15) is 0 Å². The van der Waals surface area contributed by atoms with Crippen molar-refractivity contribution >= 4 is 11.6 Å². The van der Waals surface area contributed by atoms with E-state index in [1.54, 1.807) is 0 Å². The highest BCUT2D eigenvalue weighted by molar-refractivity contribution is 6.28. The van der Waals surface area contributed by atoms with Crippen LogP contribution in [0, 0.1) is 0 Å². The molecule has 0 N–H and O–H groups in total. The lowest BCUT2D eigenvalue weighted by molar-refractivity contribution is 0.359. The quantitative estimate of drug-likeness (QED) is 0.813. The number of nitrogens with zero attached hydrogens (tertiary/aromatic N) is 3. The van der Waals surface area contributed by atoms with Crippen molar-refractivity contribution in [1.82, 2.24) is 15.0 Å². The molecule has 0 saturated carbocycles. The number of hydrogen-bond acceptors (Lipinski definition) is 5. The fourth-order valence-electron chi connectivity index (χ4n) is 1.66. The Morgan fingerprint density at radius 3 is 2.40 bits per heavy atom. The predicted molar refractivity (Wildman–Crippen MR) is 76.5 cm³/mol. The third-order valence-electron chi connectivity index (χ3n) is 2.70. The first kappa shape index (κ1) is 14.5. The molecular weight excluding hydrogens is 278 g/mol. The van der Waals surface area contributed by atoms with Crippen LogP contribution >= 0.6 is 11.6 Å². The molecule has 0 bridgehead atoms.